The minimum Gasteiger partial charge on any atom is -0.383 e. The van der Waals surface area contributed by atoms with Crippen molar-refractivity contribution in [2.75, 3.05) is 64.4 Å². The van der Waals surface area contributed by atoms with Gasteiger partial charge in [0, 0.05) is 65.7 Å². The van der Waals surface area contributed by atoms with E-state index < -0.39 is 0 Å². The fourth-order valence-corrected chi connectivity index (χ4v) is 3.59. The van der Waals surface area contributed by atoms with Gasteiger partial charge < -0.3 is 14.4 Å². The second-order valence-corrected chi connectivity index (χ2v) is 7.12. The molecule has 0 bridgehead atoms. The van der Waals surface area contributed by atoms with E-state index in [0.717, 1.165) is 70.6 Å². The van der Waals surface area contributed by atoms with Gasteiger partial charge in [0.05, 0.1) is 24.5 Å². The number of morpholine rings is 1. The summed E-state index contributed by atoms with van der Waals surface area (Å²) in [6, 6.07) is 2.04. The molecule has 0 radical (unpaired) electrons. The van der Waals surface area contributed by atoms with Crippen LogP contribution < -0.4 is 4.90 Å². The van der Waals surface area contributed by atoms with Gasteiger partial charge in [-0.3, -0.25) is 9.80 Å². The second kappa shape index (κ2) is 8.89. The van der Waals surface area contributed by atoms with Crippen LogP contribution in [0.1, 0.15) is 19.5 Å². The van der Waals surface area contributed by atoms with Crippen molar-refractivity contribution < 1.29 is 9.47 Å². The van der Waals surface area contributed by atoms with Crippen LogP contribution >= 0.6 is 0 Å². The third-order valence-corrected chi connectivity index (χ3v) is 4.87. The van der Waals surface area contributed by atoms with Crippen molar-refractivity contribution in [1.82, 2.24) is 19.8 Å². The van der Waals surface area contributed by atoms with Crippen molar-refractivity contribution in [3.05, 3.63) is 18.0 Å². The molecule has 2 unspecified atom stereocenters. The standard InChI is InChI=1S/C18H31N5O2/c1-15-12-23(13-16(2)25-15)18-19-5-4-17(20-18)14-22-8-6-21(7-9-22)10-11-24-3/h4-5,15-16H,6-14H2,1-3H3. The summed E-state index contributed by atoms with van der Waals surface area (Å²) >= 11 is 0. The normalized spacial score (nSPS) is 26.1. The average molecular weight is 349 g/mol. The molecule has 1 aromatic heterocycles. The fraction of sp³-hybridized carbons (Fsp3) is 0.778. The molecule has 0 spiro atoms. The number of aromatic nitrogens is 2. The smallest absolute Gasteiger partial charge is 0.225 e. The summed E-state index contributed by atoms with van der Waals surface area (Å²) < 4.78 is 11.0. The van der Waals surface area contributed by atoms with Crippen LogP contribution in [0.3, 0.4) is 0 Å². The van der Waals surface area contributed by atoms with E-state index in [1.54, 1.807) is 7.11 Å². The summed E-state index contributed by atoms with van der Waals surface area (Å²) in [6.45, 7) is 13.0. The zero-order valence-electron chi connectivity index (χ0n) is 15.7. The topological polar surface area (TPSA) is 54.0 Å². The minimum absolute atomic E-state index is 0.219. The highest BCUT2D eigenvalue weighted by atomic mass is 16.5. The SMILES string of the molecule is COCCN1CCN(Cc2ccnc(N3CC(C)OC(C)C3)n2)CC1. The van der Waals surface area contributed by atoms with E-state index in [1.165, 1.54) is 0 Å². The van der Waals surface area contributed by atoms with Crippen LogP contribution in [-0.2, 0) is 16.0 Å². The molecule has 3 heterocycles. The van der Waals surface area contributed by atoms with Gasteiger partial charge >= 0.3 is 0 Å². The molecule has 2 aliphatic rings. The van der Waals surface area contributed by atoms with Crippen molar-refractivity contribution in [3.63, 3.8) is 0 Å². The van der Waals surface area contributed by atoms with Gasteiger partial charge in [0.25, 0.3) is 0 Å². The molecule has 2 fully saturated rings. The highest BCUT2D eigenvalue weighted by Crippen LogP contribution is 2.17. The van der Waals surface area contributed by atoms with Gasteiger partial charge in [0.1, 0.15) is 0 Å². The molecule has 2 saturated heterocycles. The van der Waals surface area contributed by atoms with Gasteiger partial charge in [0.2, 0.25) is 5.95 Å². The van der Waals surface area contributed by atoms with E-state index in [2.05, 4.69) is 33.5 Å². The summed E-state index contributed by atoms with van der Waals surface area (Å²) in [5, 5.41) is 0. The number of ether oxygens (including phenoxy) is 2. The van der Waals surface area contributed by atoms with Crippen molar-refractivity contribution in [2.24, 2.45) is 0 Å². The summed E-state index contributed by atoms with van der Waals surface area (Å²) in [4.78, 5) is 16.5. The monoisotopic (exact) mass is 349 g/mol. The molecule has 0 N–H and O–H groups in total. The van der Waals surface area contributed by atoms with Crippen LogP contribution in [0.5, 0.6) is 0 Å². The fourth-order valence-electron chi connectivity index (χ4n) is 3.59. The molecule has 3 rings (SSSR count). The number of rotatable bonds is 6. The first-order valence-corrected chi connectivity index (χ1v) is 9.30. The number of methoxy groups -OCH3 is 1. The van der Waals surface area contributed by atoms with Crippen LogP contribution in [0.15, 0.2) is 12.3 Å². The number of hydrogen-bond acceptors (Lipinski definition) is 7. The first kappa shape index (κ1) is 18.5. The molecule has 25 heavy (non-hydrogen) atoms. The average Bonchev–Trinajstić information content (AvgIpc) is 2.60. The van der Waals surface area contributed by atoms with E-state index in [9.17, 15) is 0 Å². The Hall–Kier alpha value is -1.28. The predicted molar refractivity (Wildman–Crippen MR) is 97.8 cm³/mol. The first-order chi connectivity index (χ1) is 12.1. The van der Waals surface area contributed by atoms with Gasteiger partial charge in [-0.15, -0.1) is 0 Å². The molecule has 1 aromatic rings. The van der Waals surface area contributed by atoms with E-state index in [0.29, 0.717) is 0 Å². The lowest BCUT2D eigenvalue weighted by Gasteiger charge is -2.36. The van der Waals surface area contributed by atoms with Crippen LogP contribution in [0.4, 0.5) is 5.95 Å². The van der Waals surface area contributed by atoms with Gasteiger partial charge in [-0.05, 0) is 19.9 Å². The summed E-state index contributed by atoms with van der Waals surface area (Å²) in [5.74, 6) is 0.832. The third kappa shape index (κ3) is 5.34. The lowest BCUT2D eigenvalue weighted by Crippen LogP contribution is -2.47. The number of hydrogen-bond donors (Lipinski definition) is 0. The molecule has 0 saturated carbocycles. The van der Waals surface area contributed by atoms with Crippen molar-refractivity contribution in [1.29, 1.82) is 0 Å². The largest absolute Gasteiger partial charge is 0.383 e. The molecule has 0 amide bonds. The predicted octanol–water partition coefficient (Wildman–Crippen LogP) is 0.854. The zero-order chi connectivity index (χ0) is 17.6. The zero-order valence-corrected chi connectivity index (χ0v) is 15.7. The molecule has 2 atom stereocenters. The maximum Gasteiger partial charge on any atom is 0.225 e. The number of anilines is 1. The first-order valence-electron chi connectivity index (χ1n) is 9.30. The lowest BCUT2D eigenvalue weighted by atomic mass is 10.2. The second-order valence-electron chi connectivity index (χ2n) is 7.12. The molecular weight excluding hydrogens is 318 g/mol. The maximum atomic E-state index is 5.81. The van der Waals surface area contributed by atoms with Gasteiger partial charge in [-0.25, -0.2) is 9.97 Å². The summed E-state index contributed by atoms with van der Waals surface area (Å²) in [7, 11) is 1.76. The highest BCUT2D eigenvalue weighted by molar-refractivity contribution is 5.31. The Labute approximate surface area is 150 Å². The van der Waals surface area contributed by atoms with Gasteiger partial charge in [0.15, 0.2) is 0 Å². The van der Waals surface area contributed by atoms with Crippen LogP contribution in [-0.4, -0.2) is 91.5 Å². The Morgan fingerprint density at radius 3 is 2.48 bits per heavy atom. The minimum atomic E-state index is 0.219. The Morgan fingerprint density at radius 1 is 1.12 bits per heavy atom. The van der Waals surface area contributed by atoms with E-state index in [1.807, 2.05) is 12.3 Å². The van der Waals surface area contributed by atoms with Crippen LogP contribution in [0, 0.1) is 0 Å². The molecule has 140 valence electrons. The Balaban J connectivity index is 1.54. The van der Waals surface area contributed by atoms with Crippen molar-refractivity contribution in [2.45, 2.75) is 32.6 Å². The molecule has 2 aliphatic heterocycles. The van der Waals surface area contributed by atoms with E-state index in [-0.39, 0.29) is 12.2 Å². The summed E-state index contributed by atoms with van der Waals surface area (Å²) in [5.41, 5.74) is 1.10. The van der Waals surface area contributed by atoms with E-state index >= 15 is 0 Å². The lowest BCUT2D eigenvalue weighted by molar-refractivity contribution is -0.00574. The molecule has 7 nitrogen and oxygen atoms in total. The molecule has 0 aromatic carbocycles. The quantitative estimate of drug-likeness (QED) is 0.755. The van der Waals surface area contributed by atoms with Crippen molar-refractivity contribution in [3.8, 4) is 0 Å². The Bertz CT molecular complexity index is 526. The molecular formula is C18H31N5O2. The highest BCUT2D eigenvalue weighted by Gasteiger charge is 2.24. The van der Waals surface area contributed by atoms with Crippen molar-refractivity contribution >= 4 is 5.95 Å². The molecule has 0 aliphatic carbocycles. The van der Waals surface area contributed by atoms with Gasteiger partial charge in [-0.1, -0.05) is 0 Å². The number of nitrogens with zero attached hydrogens (tertiary/aromatic N) is 5. The maximum absolute atomic E-state index is 5.81. The van der Waals surface area contributed by atoms with Crippen LogP contribution in [0.2, 0.25) is 0 Å². The van der Waals surface area contributed by atoms with E-state index in [4.69, 9.17) is 14.5 Å². The Kier molecular flexibility index (Phi) is 6.58. The third-order valence-electron chi connectivity index (χ3n) is 4.87. The molecule has 7 heteroatoms. The van der Waals surface area contributed by atoms with Crippen LogP contribution in [0.25, 0.3) is 0 Å². The van der Waals surface area contributed by atoms with Gasteiger partial charge in [-0.2, -0.15) is 0 Å². The number of piperazine rings is 1. The summed E-state index contributed by atoms with van der Waals surface area (Å²) in [6.07, 6.45) is 2.32. The Morgan fingerprint density at radius 2 is 1.80 bits per heavy atom.